The zero-order chi connectivity index (χ0) is 19.0. The molecule has 1 fully saturated rings. The fourth-order valence-corrected chi connectivity index (χ4v) is 3.51. The molecule has 2 aromatic heterocycles. The number of hydrogen-bond donors (Lipinski definition) is 1. The van der Waals surface area contributed by atoms with Crippen LogP contribution in [-0.2, 0) is 13.0 Å². The number of nitrogens with zero attached hydrogens (tertiary/aromatic N) is 3. The van der Waals surface area contributed by atoms with Crippen molar-refractivity contribution in [1.29, 1.82) is 0 Å². The van der Waals surface area contributed by atoms with Crippen LogP contribution >= 0.6 is 0 Å². The van der Waals surface area contributed by atoms with E-state index in [1.807, 2.05) is 19.1 Å². The molecule has 1 saturated carbocycles. The van der Waals surface area contributed by atoms with Crippen molar-refractivity contribution in [2.24, 2.45) is 5.92 Å². The van der Waals surface area contributed by atoms with Gasteiger partial charge in [0.05, 0.1) is 17.5 Å². The predicted molar refractivity (Wildman–Crippen MR) is 103 cm³/mol. The Hall–Kier alpha value is -2.53. The van der Waals surface area contributed by atoms with E-state index in [0.29, 0.717) is 12.0 Å². The fourth-order valence-electron chi connectivity index (χ4n) is 3.51. The van der Waals surface area contributed by atoms with E-state index in [1.165, 1.54) is 30.5 Å². The van der Waals surface area contributed by atoms with Crippen LogP contribution < -0.4 is 0 Å². The van der Waals surface area contributed by atoms with E-state index < -0.39 is 6.10 Å². The van der Waals surface area contributed by atoms with Gasteiger partial charge in [-0.05, 0) is 73.6 Å². The van der Waals surface area contributed by atoms with Crippen molar-refractivity contribution in [3.63, 3.8) is 0 Å². The summed E-state index contributed by atoms with van der Waals surface area (Å²) < 4.78 is 15.7. The van der Waals surface area contributed by atoms with Gasteiger partial charge in [0.15, 0.2) is 0 Å². The summed E-state index contributed by atoms with van der Waals surface area (Å²) in [6, 6.07) is 8.45. The summed E-state index contributed by atoms with van der Waals surface area (Å²) in [4.78, 5) is 4.55. The number of halogens is 1. The summed E-state index contributed by atoms with van der Waals surface area (Å²) in [7, 11) is 0. The molecule has 1 N–H and O–H groups in total. The minimum atomic E-state index is -0.770. The Morgan fingerprint density at radius 2 is 2.07 bits per heavy atom. The third-order valence-corrected chi connectivity index (χ3v) is 5.18. The van der Waals surface area contributed by atoms with Gasteiger partial charge < -0.3 is 5.11 Å². The molecule has 3 aromatic rings. The molecule has 0 bridgehead atoms. The van der Waals surface area contributed by atoms with Crippen LogP contribution in [0.2, 0.25) is 0 Å². The van der Waals surface area contributed by atoms with Crippen LogP contribution in [0.3, 0.4) is 0 Å². The maximum Gasteiger partial charge on any atom is 0.123 e. The average Bonchev–Trinajstić information content (AvgIpc) is 3.38. The molecule has 4 rings (SSSR count). The molecule has 27 heavy (non-hydrogen) atoms. The van der Waals surface area contributed by atoms with Crippen molar-refractivity contribution in [2.45, 2.75) is 45.8 Å². The molecule has 0 saturated heterocycles. The number of aliphatic hydroxyl groups is 1. The highest BCUT2D eigenvalue weighted by Gasteiger charge is 2.23. The number of pyridine rings is 1. The van der Waals surface area contributed by atoms with E-state index in [-0.39, 0.29) is 5.82 Å². The summed E-state index contributed by atoms with van der Waals surface area (Å²) in [5.41, 5.74) is 5.34. The molecule has 0 aliphatic heterocycles. The fraction of sp³-hybridized carbons (Fsp3) is 0.364. The maximum absolute atomic E-state index is 13.7. The van der Waals surface area contributed by atoms with E-state index in [2.05, 4.69) is 21.0 Å². The molecule has 0 spiro atoms. The van der Waals surface area contributed by atoms with E-state index in [4.69, 9.17) is 0 Å². The second-order valence-electron chi connectivity index (χ2n) is 7.50. The molecule has 1 atom stereocenters. The highest BCUT2D eigenvalue weighted by atomic mass is 19.1. The highest BCUT2D eigenvalue weighted by molar-refractivity contribution is 5.68. The van der Waals surface area contributed by atoms with Crippen molar-refractivity contribution in [3.05, 3.63) is 70.9 Å². The van der Waals surface area contributed by atoms with E-state index in [0.717, 1.165) is 35.0 Å². The number of hydrogen-bond acceptors (Lipinski definition) is 3. The predicted octanol–water partition coefficient (Wildman–Crippen LogP) is 4.45. The lowest BCUT2D eigenvalue weighted by Gasteiger charge is -2.15. The van der Waals surface area contributed by atoms with Crippen LogP contribution in [0, 0.1) is 18.7 Å². The summed E-state index contributed by atoms with van der Waals surface area (Å²) in [5.74, 6) is 0.420. The lowest BCUT2D eigenvalue weighted by molar-refractivity contribution is 0.199. The molecule has 0 radical (unpaired) electrons. The molecule has 2 heterocycles. The summed E-state index contributed by atoms with van der Waals surface area (Å²) >= 11 is 0. The molecule has 0 unspecified atom stereocenters. The van der Waals surface area contributed by atoms with Gasteiger partial charge in [0.25, 0.3) is 0 Å². The summed E-state index contributed by atoms with van der Waals surface area (Å²) in [6.45, 7) is 4.67. The standard InChI is InChI=1S/C22H24FN3O/c1-14-18(13-26(25-14)12-16-5-6-16)10-17-4-3-9-24-22(17)20-8-7-19(23)11-21(20)15(2)27/h3-4,7-9,11,13,15-16,27H,5-6,10,12H2,1-2H3/t15-/m1/s1. The van der Waals surface area contributed by atoms with Crippen molar-refractivity contribution in [1.82, 2.24) is 14.8 Å². The smallest absolute Gasteiger partial charge is 0.123 e. The minimum Gasteiger partial charge on any atom is -0.389 e. The Morgan fingerprint density at radius 3 is 2.81 bits per heavy atom. The normalized spacial score (nSPS) is 15.1. The molecular formula is C22H24FN3O. The van der Waals surface area contributed by atoms with Crippen LogP contribution in [0.15, 0.2) is 42.7 Å². The van der Waals surface area contributed by atoms with Gasteiger partial charge in [0.2, 0.25) is 0 Å². The van der Waals surface area contributed by atoms with Crippen molar-refractivity contribution in [3.8, 4) is 11.3 Å². The van der Waals surface area contributed by atoms with Gasteiger partial charge in [0.1, 0.15) is 5.82 Å². The Morgan fingerprint density at radius 1 is 1.26 bits per heavy atom. The monoisotopic (exact) mass is 365 g/mol. The van der Waals surface area contributed by atoms with Crippen LogP contribution in [0.1, 0.15) is 48.3 Å². The highest BCUT2D eigenvalue weighted by Crippen LogP contribution is 2.32. The minimum absolute atomic E-state index is 0.357. The number of aromatic nitrogens is 3. The molecule has 1 aliphatic carbocycles. The van der Waals surface area contributed by atoms with Crippen molar-refractivity contribution < 1.29 is 9.50 Å². The van der Waals surface area contributed by atoms with Crippen LogP contribution in [0.25, 0.3) is 11.3 Å². The van der Waals surface area contributed by atoms with Gasteiger partial charge in [-0.25, -0.2) is 4.39 Å². The Balaban J connectivity index is 1.69. The molecule has 4 nitrogen and oxygen atoms in total. The maximum atomic E-state index is 13.7. The average molecular weight is 365 g/mol. The van der Waals surface area contributed by atoms with Crippen LogP contribution in [-0.4, -0.2) is 19.9 Å². The number of rotatable bonds is 6. The lowest BCUT2D eigenvalue weighted by Crippen LogP contribution is -2.01. The Kier molecular flexibility index (Phi) is 4.79. The lowest BCUT2D eigenvalue weighted by atomic mass is 9.94. The van der Waals surface area contributed by atoms with Crippen LogP contribution in [0.4, 0.5) is 4.39 Å². The molecular weight excluding hydrogens is 341 g/mol. The topological polar surface area (TPSA) is 50.9 Å². The SMILES string of the molecule is Cc1nn(CC2CC2)cc1Cc1cccnc1-c1ccc(F)cc1[C@@H](C)O. The van der Waals surface area contributed by atoms with Crippen molar-refractivity contribution in [2.75, 3.05) is 0 Å². The molecule has 140 valence electrons. The first-order valence-corrected chi connectivity index (χ1v) is 9.46. The summed E-state index contributed by atoms with van der Waals surface area (Å²) in [5, 5.41) is 14.8. The number of aryl methyl sites for hydroxylation is 1. The summed E-state index contributed by atoms with van der Waals surface area (Å²) in [6.07, 6.45) is 6.40. The second kappa shape index (κ2) is 7.24. The first-order valence-electron chi connectivity index (χ1n) is 9.46. The van der Waals surface area contributed by atoms with E-state index in [1.54, 1.807) is 19.2 Å². The first-order chi connectivity index (χ1) is 13.0. The first kappa shape index (κ1) is 17.9. The zero-order valence-electron chi connectivity index (χ0n) is 15.7. The molecule has 5 heteroatoms. The van der Waals surface area contributed by atoms with Crippen LogP contribution in [0.5, 0.6) is 0 Å². The van der Waals surface area contributed by atoms with Gasteiger partial charge in [0, 0.05) is 30.9 Å². The molecule has 1 aliphatic rings. The van der Waals surface area contributed by atoms with E-state index in [9.17, 15) is 9.50 Å². The third kappa shape index (κ3) is 3.93. The zero-order valence-corrected chi connectivity index (χ0v) is 15.7. The molecule has 0 amide bonds. The van der Waals surface area contributed by atoms with Crippen molar-refractivity contribution >= 4 is 0 Å². The van der Waals surface area contributed by atoms with Gasteiger partial charge >= 0.3 is 0 Å². The second-order valence-corrected chi connectivity index (χ2v) is 7.50. The van der Waals surface area contributed by atoms with Gasteiger partial charge in [-0.2, -0.15) is 5.10 Å². The number of benzene rings is 1. The largest absolute Gasteiger partial charge is 0.389 e. The van der Waals surface area contributed by atoms with Gasteiger partial charge in [-0.1, -0.05) is 6.07 Å². The van der Waals surface area contributed by atoms with Gasteiger partial charge in [-0.3, -0.25) is 9.67 Å². The number of aliphatic hydroxyl groups excluding tert-OH is 1. The Bertz CT molecular complexity index is 960. The Labute approximate surface area is 158 Å². The van der Waals surface area contributed by atoms with E-state index >= 15 is 0 Å². The third-order valence-electron chi connectivity index (χ3n) is 5.18. The van der Waals surface area contributed by atoms with Gasteiger partial charge in [-0.15, -0.1) is 0 Å². The quantitative estimate of drug-likeness (QED) is 0.702. The molecule has 1 aromatic carbocycles.